The molecule has 0 bridgehead atoms. The van der Waals surface area contributed by atoms with Crippen molar-refractivity contribution in [1.82, 2.24) is 24.4 Å². The van der Waals surface area contributed by atoms with Crippen molar-refractivity contribution in [3.05, 3.63) is 64.6 Å². The fourth-order valence-electron chi connectivity index (χ4n) is 3.24. The Kier molecular flexibility index (Phi) is 4.20. The number of halogens is 1. The first-order valence-electron chi connectivity index (χ1n) is 8.43. The van der Waals surface area contributed by atoms with Gasteiger partial charge in [0.25, 0.3) is 5.91 Å². The van der Waals surface area contributed by atoms with Gasteiger partial charge >= 0.3 is 0 Å². The monoisotopic (exact) mass is 367 g/mol. The Labute approximate surface area is 156 Å². The van der Waals surface area contributed by atoms with Gasteiger partial charge in [0.05, 0.1) is 17.9 Å². The third-order valence-electron chi connectivity index (χ3n) is 4.53. The third kappa shape index (κ3) is 3.08. The van der Waals surface area contributed by atoms with Crippen LogP contribution in [0.3, 0.4) is 0 Å². The van der Waals surface area contributed by atoms with Crippen molar-refractivity contribution in [2.24, 2.45) is 0 Å². The van der Waals surface area contributed by atoms with E-state index in [1.807, 2.05) is 53.8 Å². The van der Waals surface area contributed by atoms with Crippen LogP contribution in [-0.2, 0) is 13.1 Å². The molecule has 1 aliphatic heterocycles. The van der Waals surface area contributed by atoms with Crippen LogP contribution in [0.2, 0.25) is 5.28 Å². The number of aromatic nitrogens is 4. The standard InChI is InChI=1S/C19H18ClN5O/c1-12-9-21-19(20)23-17(12)14-8-16-18(26)25(7-6-24(16)10-14)11-15-5-3-4-13(2)22-15/h3-5,8-10H,6-7,11H2,1-2H3. The number of nitrogens with zero attached hydrogens (tertiary/aromatic N) is 5. The highest BCUT2D eigenvalue weighted by atomic mass is 35.5. The van der Waals surface area contributed by atoms with Crippen molar-refractivity contribution in [2.75, 3.05) is 6.54 Å². The van der Waals surface area contributed by atoms with Gasteiger partial charge in [0.1, 0.15) is 5.69 Å². The summed E-state index contributed by atoms with van der Waals surface area (Å²) in [5.41, 5.74) is 5.07. The van der Waals surface area contributed by atoms with Crippen molar-refractivity contribution in [2.45, 2.75) is 26.9 Å². The van der Waals surface area contributed by atoms with E-state index in [0.717, 1.165) is 34.8 Å². The highest BCUT2D eigenvalue weighted by molar-refractivity contribution is 6.28. The Hall–Kier alpha value is -2.73. The van der Waals surface area contributed by atoms with Crippen LogP contribution in [-0.4, -0.2) is 36.9 Å². The molecular weight excluding hydrogens is 350 g/mol. The van der Waals surface area contributed by atoms with Crippen molar-refractivity contribution in [3.8, 4) is 11.3 Å². The van der Waals surface area contributed by atoms with E-state index in [9.17, 15) is 4.79 Å². The average molecular weight is 368 g/mol. The fourth-order valence-corrected chi connectivity index (χ4v) is 3.38. The van der Waals surface area contributed by atoms with Crippen LogP contribution in [0.15, 0.2) is 36.7 Å². The van der Waals surface area contributed by atoms with Crippen molar-refractivity contribution < 1.29 is 4.79 Å². The Morgan fingerprint density at radius 1 is 1.19 bits per heavy atom. The van der Waals surface area contributed by atoms with Crippen LogP contribution < -0.4 is 0 Å². The largest absolute Gasteiger partial charge is 0.341 e. The smallest absolute Gasteiger partial charge is 0.270 e. The van der Waals surface area contributed by atoms with Gasteiger partial charge in [0.15, 0.2) is 0 Å². The molecule has 7 heteroatoms. The molecule has 0 fully saturated rings. The van der Waals surface area contributed by atoms with Gasteiger partial charge in [-0.25, -0.2) is 9.97 Å². The van der Waals surface area contributed by atoms with Crippen molar-refractivity contribution in [1.29, 1.82) is 0 Å². The van der Waals surface area contributed by atoms with Crippen molar-refractivity contribution >= 4 is 17.5 Å². The van der Waals surface area contributed by atoms with E-state index < -0.39 is 0 Å². The number of hydrogen-bond acceptors (Lipinski definition) is 4. The molecule has 1 aliphatic rings. The maximum Gasteiger partial charge on any atom is 0.270 e. The fraction of sp³-hybridized carbons (Fsp3) is 0.263. The Balaban J connectivity index is 1.63. The molecule has 0 spiro atoms. The predicted octanol–water partition coefficient (Wildman–Crippen LogP) is 3.27. The van der Waals surface area contributed by atoms with E-state index in [2.05, 4.69) is 15.0 Å². The average Bonchev–Trinajstić information content (AvgIpc) is 3.04. The summed E-state index contributed by atoms with van der Waals surface area (Å²) in [5, 5.41) is 0.202. The van der Waals surface area contributed by atoms with E-state index in [1.165, 1.54) is 0 Å². The van der Waals surface area contributed by atoms with Gasteiger partial charge in [-0.05, 0) is 49.2 Å². The highest BCUT2D eigenvalue weighted by Crippen LogP contribution is 2.27. The minimum absolute atomic E-state index is 0.00334. The second-order valence-electron chi connectivity index (χ2n) is 6.48. The highest BCUT2D eigenvalue weighted by Gasteiger charge is 2.26. The number of fused-ring (bicyclic) bond motifs is 1. The number of hydrogen-bond donors (Lipinski definition) is 0. The zero-order chi connectivity index (χ0) is 18.3. The zero-order valence-electron chi connectivity index (χ0n) is 14.6. The van der Waals surface area contributed by atoms with Gasteiger partial charge in [-0.2, -0.15) is 0 Å². The molecule has 0 radical (unpaired) electrons. The normalized spacial score (nSPS) is 13.8. The minimum atomic E-state index is 0.00334. The number of rotatable bonds is 3. The van der Waals surface area contributed by atoms with Gasteiger partial charge in [-0.3, -0.25) is 9.78 Å². The molecule has 0 aromatic carbocycles. The second kappa shape index (κ2) is 6.53. The van der Waals surface area contributed by atoms with Crippen LogP contribution in [0.4, 0.5) is 0 Å². The molecule has 0 N–H and O–H groups in total. The number of pyridine rings is 1. The Bertz CT molecular complexity index is 997. The van der Waals surface area contributed by atoms with Gasteiger partial charge in [-0.15, -0.1) is 0 Å². The van der Waals surface area contributed by atoms with Gasteiger partial charge in [0.2, 0.25) is 5.28 Å². The maximum absolute atomic E-state index is 12.9. The molecule has 0 atom stereocenters. The molecule has 4 heterocycles. The van der Waals surface area contributed by atoms with E-state index in [4.69, 9.17) is 11.6 Å². The third-order valence-corrected chi connectivity index (χ3v) is 4.71. The van der Waals surface area contributed by atoms with E-state index >= 15 is 0 Å². The van der Waals surface area contributed by atoms with Crippen LogP contribution >= 0.6 is 11.6 Å². The molecule has 3 aromatic rings. The predicted molar refractivity (Wildman–Crippen MR) is 98.9 cm³/mol. The summed E-state index contributed by atoms with van der Waals surface area (Å²) in [4.78, 5) is 27.6. The molecule has 0 unspecified atom stereocenters. The summed E-state index contributed by atoms with van der Waals surface area (Å²) in [5.74, 6) is 0.00334. The topological polar surface area (TPSA) is 63.9 Å². The number of amides is 1. The lowest BCUT2D eigenvalue weighted by Gasteiger charge is -2.28. The minimum Gasteiger partial charge on any atom is -0.341 e. The van der Waals surface area contributed by atoms with Crippen LogP contribution in [0, 0.1) is 13.8 Å². The first-order chi connectivity index (χ1) is 12.5. The molecule has 132 valence electrons. The van der Waals surface area contributed by atoms with Crippen molar-refractivity contribution in [3.63, 3.8) is 0 Å². The van der Waals surface area contributed by atoms with Gasteiger partial charge < -0.3 is 9.47 Å². The summed E-state index contributed by atoms with van der Waals surface area (Å²) in [6.07, 6.45) is 3.65. The van der Waals surface area contributed by atoms with Crippen LogP contribution in [0.5, 0.6) is 0 Å². The van der Waals surface area contributed by atoms with Gasteiger partial charge in [-0.1, -0.05) is 6.07 Å². The molecule has 0 saturated carbocycles. The molecule has 4 rings (SSSR count). The van der Waals surface area contributed by atoms with E-state index in [1.54, 1.807) is 6.20 Å². The lowest BCUT2D eigenvalue weighted by molar-refractivity contribution is 0.0688. The van der Waals surface area contributed by atoms with Gasteiger partial charge in [0, 0.05) is 36.7 Å². The number of aryl methyl sites for hydroxylation is 2. The Morgan fingerprint density at radius 2 is 2.04 bits per heavy atom. The zero-order valence-corrected chi connectivity index (χ0v) is 15.4. The SMILES string of the molecule is Cc1cccc(CN2CCn3cc(-c4nc(Cl)ncc4C)cc3C2=O)n1. The molecule has 3 aromatic heterocycles. The Morgan fingerprint density at radius 3 is 2.85 bits per heavy atom. The van der Waals surface area contributed by atoms with E-state index in [-0.39, 0.29) is 11.2 Å². The summed E-state index contributed by atoms with van der Waals surface area (Å²) >= 11 is 5.94. The summed E-state index contributed by atoms with van der Waals surface area (Å²) in [6, 6.07) is 7.75. The molecule has 26 heavy (non-hydrogen) atoms. The lowest BCUT2D eigenvalue weighted by atomic mass is 10.1. The maximum atomic E-state index is 12.9. The number of carbonyl (C=O) groups excluding carboxylic acids is 1. The van der Waals surface area contributed by atoms with Crippen LogP contribution in [0.1, 0.15) is 27.4 Å². The van der Waals surface area contributed by atoms with E-state index in [0.29, 0.717) is 18.8 Å². The quantitative estimate of drug-likeness (QED) is 0.666. The first-order valence-corrected chi connectivity index (χ1v) is 8.80. The second-order valence-corrected chi connectivity index (χ2v) is 6.81. The number of carbonyl (C=O) groups is 1. The van der Waals surface area contributed by atoms with Crippen LogP contribution in [0.25, 0.3) is 11.3 Å². The summed E-state index contributed by atoms with van der Waals surface area (Å²) < 4.78 is 1.98. The molecule has 1 amide bonds. The molecule has 0 saturated heterocycles. The molecule has 6 nitrogen and oxygen atoms in total. The molecule has 0 aliphatic carbocycles. The summed E-state index contributed by atoms with van der Waals surface area (Å²) in [7, 11) is 0. The first kappa shape index (κ1) is 16.7. The summed E-state index contributed by atoms with van der Waals surface area (Å²) in [6.45, 7) is 5.79. The molecular formula is C19H18ClN5O. The lowest BCUT2D eigenvalue weighted by Crippen LogP contribution is -2.39.